The van der Waals surface area contributed by atoms with Crippen LogP contribution in [-0.4, -0.2) is 39.8 Å². The van der Waals surface area contributed by atoms with Gasteiger partial charge < -0.3 is 19.5 Å². The average molecular weight is 531 g/mol. The van der Waals surface area contributed by atoms with E-state index in [9.17, 15) is 18.0 Å². The first-order chi connectivity index (χ1) is 17.8. The van der Waals surface area contributed by atoms with Crippen molar-refractivity contribution in [1.29, 1.82) is 0 Å². The Labute approximate surface area is 222 Å². The van der Waals surface area contributed by atoms with Crippen molar-refractivity contribution in [3.8, 4) is 5.75 Å². The van der Waals surface area contributed by atoms with Crippen molar-refractivity contribution < 1.29 is 22.7 Å². The summed E-state index contributed by atoms with van der Waals surface area (Å²) in [5.41, 5.74) is 3.88. The summed E-state index contributed by atoms with van der Waals surface area (Å²) in [6, 6.07) is 9.69. The Balaban J connectivity index is 1.79. The Bertz CT molecular complexity index is 1290. The molecule has 2 unspecified atom stereocenters. The van der Waals surface area contributed by atoms with Crippen LogP contribution in [0.1, 0.15) is 75.8 Å². The number of hydrogen-bond donors (Lipinski definition) is 1. The first kappa shape index (κ1) is 27.8. The highest BCUT2D eigenvalue weighted by Gasteiger charge is 2.35. The number of nitrogens with zero attached hydrogens (tertiary/aromatic N) is 3. The molecule has 6 nitrogen and oxygen atoms in total. The molecule has 1 fully saturated rings. The van der Waals surface area contributed by atoms with E-state index in [1.54, 1.807) is 17.0 Å². The molecule has 3 aromatic rings. The summed E-state index contributed by atoms with van der Waals surface area (Å²) in [5, 5.41) is 3.33. The number of aryl methyl sites for hydroxylation is 1. The maximum Gasteiger partial charge on any atom is 0.573 e. The maximum absolute atomic E-state index is 13.2. The van der Waals surface area contributed by atoms with Gasteiger partial charge in [0.05, 0.1) is 11.0 Å². The third-order valence-electron chi connectivity index (χ3n) is 7.47. The lowest BCUT2D eigenvalue weighted by Crippen LogP contribution is -2.31. The number of amides is 1. The van der Waals surface area contributed by atoms with Gasteiger partial charge in [-0.1, -0.05) is 20.8 Å². The van der Waals surface area contributed by atoms with E-state index in [1.807, 2.05) is 32.9 Å². The minimum Gasteiger partial charge on any atom is -0.406 e. The molecule has 206 valence electrons. The summed E-state index contributed by atoms with van der Waals surface area (Å²) in [4.78, 5) is 20.0. The lowest BCUT2D eigenvalue weighted by molar-refractivity contribution is -0.274. The monoisotopic (exact) mass is 530 g/mol. The number of imidazole rings is 1. The summed E-state index contributed by atoms with van der Waals surface area (Å²) in [6.07, 6.45) is -1.65. The number of fused-ring (bicyclic) bond motifs is 1. The Morgan fingerprint density at radius 2 is 1.79 bits per heavy atom. The molecule has 1 saturated carbocycles. The Morgan fingerprint density at radius 1 is 1.13 bits per heavy atom. The predicted octanol–water partition coefficient (Wildman–Crippen LogP) is 7.86. The standard InChI is InChI=1S/C29H37F3N4O2/c1-7-35(8-2)26(37)23-13-14-24-25(19(23)4)34-27(36(24)21-15-18(3)16-28(5,6)17-21)33-20-9-11-22(12-10-20)38-29(30,31)32/h9-14,18,21H,7-8,15-17H2,1-6H3,(H,33,34). The van der Waals surface area contributed by atoms with Gasteiger partial charge in [0, 0.05) is 30.4 Å². The molecule has 4 rings (SSSR count). The van der Waals surface area contributed by atoms with Crippen molar-refractivity contribution in [2.24, 2.45) is 11.3 Å². The smallest absolute Gasteiger partial charge is 0.406 e. The molecule has 0 saturated heterocycles. The van der Waals surface area contributed by atoms with Crippen LogP contribution in [0.15, 0.2) is 36.4 Å². The molecule has 1 N–H and O–H groups in total. The number of carbonyl (C=O) groups excluding carboxylic acids is 1. The second-order valence-corrected chi connectivity index (χ2v) is 11.2. The number of anilines is 2. The molecule has 2 atom stereocenters. The predicted molar refractivity (Wildman–Crippen MR) is 144 cm³/mol. The van der Waals surface area contributed by atoms with Gasteiger partial charge in [-0.2, -0.15) is 0 Å². The topological polar surface area (TPSA) is 59.4 Å². The summed E-state index contributed by atoms with van der Waals surface area (Å²) < 4.78 is 44.0. The van der Waals surface area contributed by atoms with Gasteiger partial charge in [0.2, 0.25) is 5.95 Å². The largest absolute Gasteiger partial charge is 0.573 e. The molecular formula is C29H37F3N4O2. The Hall–Kier alpha value is -3.23. The maximum atomic E-state index is 13.2. The molecule has 1 aromatic heterocycles. The number of nitrogens with one attached hydrogen (secondary N) is 1. The van der Waals surface area contributed by atoms with Gasteiger partial charge in [-0.05, 0) is 93.3 Å². The summed E-state index contributed by atoms with van der Waals surface area (Å²) >= 11 is 0. The van der Waals surface area contributed by atoms with Gasteiger partial charge in [-0.15, -0.1) is 13.2 Å². The number of halogens is 3. The third-order valence-corrected chi connectivity index (χ3v) is 7.47. The van der Waals surface area contributed by atoms with Gasteiger partial charge >= 0.3 is 6.36 Å². The zero-order valence-electron chi connectivity index (χ0n) is 22.9. The van der Waals surface area contributed by atoms with Crippen molar-refractivity contribution in [3.63, 3.8) is 0 Å². The van der Waals surface area contributed by atoms with Crippen LogP contribution < -0.4 is 10.1 Å². The Morgan fingerprint density at radius 3 is 2.37 bits per heavy atom. The molecule has 38 heavy (non-hydrogen) atoms. The number of aromatic nitrogens is 2. The van der Waals surface area contributed by atoms with Gasteiger partial charge in [0.25, 0.3) is 5.91 Å². The van der Waals surface area contributed by atoms with Gasteiger partial charge in [0.1, 0.15) is 5.75 Å². The number of benzene rings is 2. The highest BCUT2D eigenvalue weighted by atomic mass is 19.4. The van der Waals surface area contributed by atoms with Gasteiger partial charge in [-0.3, -0.25) is 4.79 Å². The Kier molecular flexibility index (Phi) is 7.68. The minimum absolute atomic E-state index is 0.0221. The van der Waals surface area contributed by atoms with Crippen LogP contribution in [0.25, 0.3) is 11.0 Å². The van der Waals surface area contributed by atoms with E-state index < -0.39 is 6.36 Å². The van der Waals surface area contributed by atoms with E-state index in [0.29, 0.717) is 36.2 Å². The molecule has 0 aliphatic heterocycles. The van der Waals surface area contributed by atoms with Gasteiger partial charge in [0.15, 0.2) is 0 Å². The fraction of sp³-hybridized carbons (Fsp3) is 0.517. The number of hydrogen-bond acceptors (Lipinski definition) is 4. The molecule has 0 radical (unpaired) electrons. The van der Waals surface area contributed by atoms with Crippen molar-refractivity contribution in [2.75, 3.05) is 18.4 Å². The molecule has 1 heterocycles. The van der Waals surface area contributed by atoms with Crippen molar-refractivity contribution in [2.45, 2.75) is 73.2 Å². The fourth-order valence-corrected chi connectivity index (χ4v) is 6.03. The molecule has 2 aromatic carbocycles. The van der Waals surface area contributed by atoms with Crippen molar-refractivity contribution in [1.82, 2.24) is 14.5 Å². The van der Waals surface area contributed by atoms with E-state index in [4.69, 9.17) is 4.98 Å². The van der Waals surface area contributed by atoms with E-state index >= 15 is 0 Å². The fourth-order valence-electron chi connectivity index (χ4n) is 6.03. The first-order valence-corrected chi connectivity index (χ1v) is 13.3. The molecule has 9 heteroatoms. The first-order valence-electron chi connectivity index (χ1n) is 13.3. The quantitative estimate of drug-likeness (QED) is 0.338. The molecule has 1 aliphatic rings. The van der Waals surface area contributed by atoms with E-state index in [0.717, 1.165) is 35.9 Å². The molecule has 0 spiro atoms. The number of ether oxygens (including phenoxy) is 1. The number of rotatable bonds is 7. The van der Waals surface area contributed by atoms with Crippen LogP contribution >= 0.6 is 0 Å². The lowest BCUT2D eigenvalue weighted by atomic mass is 9.70. The van der Waals surface area contributed by atoms with Gasteiger partial charge in [-0.25, -0.2) is 4.98 Å². The third kappa shape index (κ3) is 5.92. The highest BCUT2D eigenvalue weighted by molar-refractivity contribution is 6.00. The molecule has 0 bridgehead atoms. The van der Waals surface area contributed by atoms with E-state index in [-0.39, 0.29) is 23.1 Å². The zero-order chi connectivity index (χ0) is 27.8. The van der Waals surface area contributed by atoms with E-state index in [2.05, 4.69) is 35.4 Å². The van der Waals surface area contributed by atoms with Crippen molar-refractivity contribution in [3.05, 3.63) is 47.5 Å². The van der Waals surface area contributed by atoms with Crippen LogP contribution in [0.4, 0.5) is 24.8 Å². The zero-order valence-corrected chi connectivity index (χ0v) is 22.9. The summed E-state index contributed by atoms with van der Waals surface area (Å²) in [5.74, 6) is 0.827. The minimum atomic E-state index is -4.74. The average Bonchev–Trinajstić information content (AvgIpc) is 3.18. The molecule has 1 aliphatic carbocycles. The molecular weight excluding hydrogens is 493 g/mol. The van der Waals surface area contributed by atoms with Crippen LogP contribution in [-0.2, 0) is 0 Å². The van der Waals surface area contributed by atoms with Crippen LogP contribution in [0.5, 0.6) is 5.75 Å². The normalized spacial score (nSPS) is 19.4. The van der Waals surface area contributed by atoms with Crippen LogP contribution in [0, 0.1) is 18.3 Å². The van der Waals surface area contributed by atoms with Crippen molar-refractivity contribution >= 4 is 28.6 Å². The number of alkyl halides is 3. The highest BCUT2D eigenvalue weighted by Crippen LogP contribution is 2.46. The lowest BCUT2D eigenvalue weighted by Gasteiger charge is -2.40. The van der Waals surface area contributed by atoms with E-state index in [1.165, 1.54) is 12.1 Å². The second kappa shape index (κ2) is 10.5. The summed E-state index contributed by atoms with van der Waals surface area (Å²) in [7, 11) is 0. The second-order valence-electron chi connectivity index (χ2n) is 11.2. The summed E-state index contributed by atoms with van der Waals surface area (Å²) in [6.45, 7) is 13.9. The SMILES string of the molecule is CCN(CC)C(=O)c1ccc2c(nc(Nc3ccc(OC(F)(F)F)cc3)n2C2CC(C)CC(C)(C)C2)c1C. The van der Waals surface area contributed by atoms with Crippen LogP contribution in [0.3, 0.4) is 0 Å². The van der Waals surface area contributed by atoms with Crippen LogP contribution in [0.2, 0.25) is 0 Å². The molecule has 1 amide bonds. The number of carbonyl (C=O) groups is 1.